The number of carbonyl (C=O) groups excluding carboxylic acids is 1. The molecule has 3 aromatic carbocycles. The number of benzene rings is 3. The number of H-pyrrole nitrogens is 1. The summed E-state index contributed by atoms with van der Waals surface area (Å²) in [6, 6.07) is 20.8. The second-order valence-corrected chi connectivity index (χ2v) is 11.6. The standard InChI is InChI=1S/C31H27BrN6O2S/c1-4-16-38(24-14-15-33-17-22(24)31(39)40-3)29-21-10-7-11-26(28(21)29)41-25-13-12-23(32)27(18(25)2)19-8-5-6-9-20(19)30-34-36-37-35-30/h5-15,17,29H,4,16H2,1-3H3,(H,34,35,36,37). The number of methoxy groups -OCH3 is 1. The molecule has 1 aliphatic rings. The number of hydrogen-bond acceptors (Lipinski definition) is 8. The summed E-state index contributed by atoms with van der Waals surface area (Å²) in [5.41, 5.74) is 8.11. The molecular weight excluding hydrogens is 600 g/mol. The first-order valence-electron chi connectivity index (χ1n) is 13.3. The van der Waals surface area contributed by atoms with Crippen LogP contribution in [0.1, 0.15) is 46.4 Å². The highest BCUT2D eigenvalue weighted by atomic mass is 79.9. The average Bonchev–Trinajstić information content (AvgIpc) is 3.47. The van der Waals surface area contributed by atoms with E-state index in [2.05, 4.69) is 96.7 Å². The van der Waals surface area contributed by atoms with Crippen LogP contribution in [0, 0.1) is 6.92 Å². The van der Waals surface area contributed by atoms with Gasteiger partial charge in [0.15, 0.2) is 5.82 Å². The van der Waals surface area contributed by atoms with Crippen molar-refractivity contribution in [3.05, 3.63) is 99.8 Å². The molecule has 0 radical (unpaired) electrons. The Labute approximate surface area is 250 Å². The van der Waals surface area contributed by atoms with Crippen molar-refractivity contribution in [1.29, 1.82) is 0 Å². The van der Waals surface area contributed by atoms with Gasteiger partial charge in [0.1, 0.15) is 5.56 Å². The summed E-state index contributed by atoms with van der Waals surface area (Å²) in [4.78, 5) is 21.4. The van der Waals surface area contributed by atoms with Gasteiger partial charge in [0.05, 0.1) is 18.8 Å². The van der Waals surface area contributed by atoms with Crippen molar-refractivity contribution in [3.63, 3.8) is 0 Å². The number of aromatic nitrogens is 5. The summed E-state index contributed by atoms with van der Waals surface area (Å²) in [5.74, 6) is 0.243. The number of hydrogen-bond donors (Lipinski definition) is 1. The van der Waals surface area contributed by atoms with Gasteiger partial charge in [-0.2, -0.15) is 0 Å². The Hall–Kier alpha value is -4.02. The summed E-state index contributed by atoms with van der Waals surface area (Å²) >= 11 is 5.56. The van der Waals surface area contributed by atoms with Gasteiger partial charge in [0, 0.05) is 44.3 Å². The fourth-order valence-electron chi connectivity index (χ4n) is 5.36. The minimum Gasteiger partial charge on any atom is -0.465 e. The molecule has 0 aliphatic heterocycles. The smallest absolute Gasteiger partial charge is 0.341 e. The highest BCUT2D eigenvalue weighted by Crippen LogP contribution is 2.54. The van der Waals surface area contributed by atoms with E-state index in [0.717, 1.165) is 50.3 Å². The Morgan fingerprint density at radius 3 is 2.66 bits per heavy atom. The first-order chi connectivity index (χ1) is 20.0. The van der Waals surface area contributed by atoms with Crippen molar-refractivity contribution in [3.8, 4) is 22.5 Å². The van der Waals surface area contributed by atoms with Crippen LogP contribution >= 0.6 is 27.7 Å². The number of nitrogens with zero attached hydrogens (tertiary/aromatic N) is 5. The molecule has 0 fully saturated rings. The molecule has 206 valence electrons. The van der Waals surface area contributed by atoms with E-state index in [1.165, 1.54) is 23.1 Å². The minimum atomic E-state index is -0.382. The molecule has 1 unspecified atom stereocenters. The maximum absolute atomic E-state index is 12.6. The molecule has 5 aromatic rings. The molecule has 41 heavy (non-hydrogen) atoms. The summed E-state index contributed by atoms with van der Waals surface area (Å²) in [6.45, 7) is 5.10. The van der Waals surface area contributed by atoms with Crippen molar-refractivity contribution >= 4 is 39.3 Å². The molecule has 10 heteroatoms. The van der Waals surface area contributed by atoms with Crippen LogP contribution in [-0.2, 0) is 4.74 Å². The fourth-order valence-corrected chi connectivity index (χ4v) is 7.12. The average molecular weight is 628 g/mol. The number of rotatable bonds is 9. The Kier molecular flexibility index (Phi) is 7.59. The quantitative estimate of drug-likeness (QED) is 0.171. The van der Waals surface area contributed by atoms with Crippen LogP contribution in [0.25, 0.3) is 22.5 Å². The molecule has 2 heterocycles. The lowest BCUT2D eigenvalue weighted by Gasteiger charge is -2.26. The third-order valence-corrected chi connectivity index (χ3v) is 9.15. The SMILES string of the molecule is CCCN(c1ccncc1C(=O)OC)C1c2cccc(Sc3ccc(Br)c(-c4ccccc4-c4nnn[nH]4)c3C)c21. The number of halogens is 1. The first kappa shape index (κ1) is 27.2. The van der Waals surface area contributed by atoms with Crippen LogP contribution in [0.2, 0.25) is 0 Å². The fraction of sp³-hybridized carbons (Fsp3) is 0.194. The van der Waals surface area contributed by atoms with E-state index in [4.69, 9.17) is 4.74 Å². The van der Waals surface area contributed by atoms with Gasteiger partial charge in [0.25, 0.3) is 0 Å². The summed E-state index contributed by atoms with van der Waals surface area (Å²) < 4.78 is 6.06. The molecule has 0 bridgehead atoms. The van der Waals surface area contributed by atoms with Crippen LogP contribution in [0.3, 0.4) is 0 Å². The molecule has 6 rings (SSSR count). The highest BCUT2D eigenvalue weighted by Gasteiger charge is 2.41. The van der Waals surface area contributed by atoms with E-state index in [9.17, 15) is 4.79 Å². The largest absolute Gasteiger partial charge is 0.465 e. The normalized spacial score (nSPS) is 13.5. The highest BCUT2D eigenvalue weighted by molar-refractivity contribution is 9.10. The van der Waals surface area contributed by atoms with Gasteiger partial charge in [-0.3, -0.25) is 4.98 Å². The molecule has 1 aliphatic carbocycles. The van der Waals surface area contributed by atoms with Gasteiger partial charge < -0.3 is 9.64 Å². The number of ether oxygens (including phenoxy) is 1. The molecule has 0 saturated heterocycles. The Morgan fingerprint density at radius 2 is 1.90 bits per heavy atom. The van der Waals surface area contributed by atoms with Crippen LogP contribution in [-0.4, -0.2) is 45.2 Å². The number of carbonyl (C=O) groups is 1. The lowest BCUT2D eigenvalue weighted by molar-refractivity contribution is 0.0601. The van der Waals surface area contributed by atoms with Crippen LogP contribution in [0.4, 0.5) is 5.69 Å². The minimum absolute atomic E-state index is 0.0909. The second-order valence-electron chi connectivity index (χ2n) is 9.68. The molecule has 0 saturated carbocycles. The zero-order chi connectivity index (χ0) is 28.5. The maximum atomic E-state index is 12.6. The van der Waals surface area contributed by atoms with Crippen molar-refractivity contribution in [2.45, 2.75) is 36.1 Å². The summed E-state index contributed by atoms with van der Waals surface area (Å²) in [5, 5.41) is 14.6. The maximum Gasteiger partial charge on any atom is 0.341 e. The number of esters is 1. The van der Waals surface area contributed by atoms with Crippen LogP contribution in [0.15, 0.2) is 87.3 Å². The predicted octanol–water partition coefficient (Wildman–Crippen LogP) is 7.26. The monoisotopic (exact) mass is 626 g/mol. The van der Waals surface area contributed by atoms with Gasteiger partial charge in [0.2, 0.25) is 0 Å². The lowest BCUT2D eigenvalue weighted by atomic mass is 9.95. The van der Waals surface area contributed by atoms with Crippen LogP contribution in [0.5, 0.6) is 0 Å². The molecule has 1 atom stereocenters. The van der Waals surface area contributed by atoms with E-state index in [-0.39, 0.29) is 12.0 Å². The molecular formula is C31H27BrN6O2S. The number of anilines is 1. The predicted molar refractivity (Wildman–Crippen MR) is 163 cm³/mol. The van der Waals surface area contributed by atoms with E-state index in [0.29, 0.717) is 11.4 Å². The first-order valence-corrected chi connectivity index (χ1v) is 14.9. The van der Waals surface area contributed by atoms with Gasteiger partial charge in [-0.15, -0.1) is 5.10 Å². The third kappa shape index (κ3) is 5.02. The Balaban J connectivity index is 1.37. The third-order valence-electron chi connectivity index (χ3n) is 7.25. The number of fused-ring (bicyclic) bond motifs is 1. The van der Waals surface area contributed by atoms with E-state index >= 15 is 0 Å². The number of nitrogens with one attached hydrogen (secondary N) is 1. The zero-order valence-corrected chi connectivity index (χ0v) is 25.2. The van der Waals surface area contributed by atoms with Gasteiger partial charge in [-0.25, -0.2) is 9.89 Å². The summed E-state index contributed by atoms with van der Waals surface area (Å²) in [6.07, 6.45) is 4.25. The van der Waals surface area contributed by atoms with E-state index < -0.39 is 0 Å². The Morgan fingerprint density at radius 1 is 1.07 bits per heavy atom. The molecule has 1 N–H and O–H groups in total. The molecule has 2 aromatic heterocycles. The second kappa shape index (κ2) is 11.5. The summed E-state index contributed by atoms with van der Waals surface area (Å²) in [7, 11) is 1.40. The van der Waals surface area contributed by atoms with Gasteiger partial charge in [-0.1, -0.05) is 71.0 Å². The van der Waals surface area contributed by atoms with Crippen LogP contribution < -0.4 is 4.90 Å². The molecule has 8 nitrogen and oxygen atoms in total. The zero-order valence-electron chi connectivity index (χ0n) is 22.8. The number of aromatic amines is 1. The van der Waals surface area contributed by atoms with Crippen molar-refractivity contribution in [2.24, 2.45) is 0 Å². The number of pyridine rings is 1. The molecule has 0 amide bonds. The number of tetrazole rings is 1. The topological polar surface area (TPSA) is 96.9 Å². The van der Waals surface area contributed by atoms with E-state index in [1.54, 1.807) is 24.2 Å². The molecule has 0 spiro atoms. The lowest BCUT2D eigenvalue weighted by Crippen LogP contribution is -2.25. The Bertz CT molecular complexity index is 1740. The van der Waals surface area contributed by atoms with Crippen molar-refractivity contribution < 1.29 is 9.53 Å². The van der Waals surface area contributed by atoms with Crippen molar-refractivity contribution in [2.75, 3.05) is 18.6 Å². The van der Waals surface area contributed by atoms with E-state index in [1.807, 2.05) is 24.3 Å². The van der Waals surface area contributed by atoms with Gasteiger partial charge in [-0.05, 0) is 70.3 Å². The van der Waals surface area contributed by atoms with Crippen molar-refractivity contribution in [1.82, 2.24) is 25.6 Å². The van der Waals surface area contributed by atoms with Gasteiger partial charge >= 0.3 is 5.97 Å².